The zero-order valence-corrected chi connectivity index (χ0v) is 13.6. The quantitative estimate of drug-likeness (QED) is 0.515. The highest BCUT2D eigenvalue weighted by Gasteiger charge is 2.10. The first-order valence-electron chi connectivity index (χ1n) is 7.19. The summed E-state index contributed by atoms with van der Waals surface area (Å²) in [5, 5.41) is 3.87. The zero-order valence-electron chi connectivity index (χ0n) is 12.1. The second-order valence-corrected chi connectivity index (χ2v) is 6.21. The van der Waals surface area contributed by atoms with Crippen molar-refractivity contribution in [2.24, 2.45) is 0 Å². The molecule has 0 bridgehead atoms. The average molecular weight is 369 g/mol. The van der Waals surface area contributed by atoms with Crippen molar-refractivity contribution in [2.75, 3.05) is 0 Å². The van der Waals surface area contributed by atoms with Crippen LogP contribution in [0.5, 0.6) is 0 Å². The molecule has 5 nitrogen and oxygen atoms in total. The minimum Gasteiger partial charge on any atom is -0.351 e. The van der Waals surface area contributed by atoms with Gasteiger partial charge in [-0.15, -0.1) is 0 Å². The molecule has 0 unspecified atom stereocenters. The van der Waals surface area contributed by atoms with E-state index in [0.717, 1.165) is 32.2 Å². The maximum Gasteiger partial charge on any atom is 0.268 e. The molecule has 114 valence electrons. The van der Waals surface area contributed by atoms with Crippen LogP contribution in [0.4, 0.5) is 0 Å². The van der Waals surface area contributed by atoms with Crippen LogP contribution in [-0.2, 0) is 6.54 Å². The molecule has 0 atom stereocenters. The molecule has 2 aromatic heterocycles. The predicted octanol–water partition coefficient (Wildman–Crippen LogP) is 3.74. The molecule has 3 N–H and O–H groups in total. The van der Waals surface area contributed by atoms with E-state index in [0.29, 0.717) is 12.2 Å². The van der Waals surface area contributed by atoms with Gasteiger partial charge in [0.05, 0.1) is 17.6 Å². The van der Waals surface area contributed by atoms with Crippen LogP contribution >= 0.6 is 15.9 Å². The normalized spacial score (nSPS) is 11.2. The summed E-state index contributed by atoms with van der Waals surface area (Å²) in [6.07, 6.45) is 0. The monoisotopic (exact) mass is 368 g/mol. The first-order valence-corrected chi connectivity index (χ1v) is 7.98. The molecule has 4 aromatic rings. The standard InChI is InChI=1S/C17H13BrN4O/c18-11-5-6-12-10(7-11)8-15(20-12)17(23)19-9-16-21-13-3-1-2-4-14(13)22-16/h1-8,20H,9H2,(H,19,23)(H,21,22). The van der Waals surface area contributed by atoms with Crippen molar-refractivity contribution in [3.05, 3.63) is 64.5 Å². The van der Waals surface area contributed by atoms with E-state index >= 15 is 0 Å². The summed E-state index contributed by atoms with van der Waals surface area (Å²) < 4.78 is 0.984. The molecular formula is C17H13BrN4O. The fourth-order valence-corrected chi connectivity index (χ4v) is 2.95. The number of nitrogens with zero attached hydrogens (tertiary/aromatic N) is 1. The van der Waals surface area contributed by atoms with Crippen LogP contribution in [0.15, 0.2) is 53.0 Å². The van der Waals surface area contributed by atoms with E-state index < -0.39 is 0 Å². The Morgan fingerprint density at radius 2 is 1.96 bits per heavy atom. The fraction of sp³-hybridized carbons (Fsp3) is 0.0588. The Bertz CT molecular complexity index is 985. The molecule has 6 heteroatoms. The molecule has 0 fully saturated rings. The van der Waals surface area contributed by atoms with Gasteiger partial charge in [-0.05, 0) is 36.4 Å². The Labute approximate surface area is 140 Å². The van der Waals surface area contributed by atoms with Gasteiger partial charge in [0.1, 0.15) is 11.5 Å². The van der Waals surface area contributed by atoms with E-state index in [1.165, 1.54) is 0 Å². The third-order valence-corrected chi connectivity index (χ3v) is 4.18. The van der Waals surface area contributed by atoms with Gasteiger partial charge in [-0.3, -0.25) is 4.79 Å². The van der Waals surface area contributed by atoms with Crippen LogP contribution < -0.4 is 5.32 Å². The molecule has 2 aromatic carbocycles. The maximum absolute atomic E-state index is 12.3. The number of rotatable bonds is 3. The molecule has 4 rings (SSSR count). The van der Waals surface area contributed by atoms with Gasteiger partial charge in [-0.1, -0.05) is 28.1 Å². The molecule has 23 heavy (non-hydrogen) atoms. The van der Waals surface area contributed by atoms with Gasteiger partial charge >= 0.3 is 0 Å². The van der Waals surface area contributed by atoms with Gasteiger partial charge in [0.25, 0.3) is 5.91 Å². The van der Waals surface area contributed by atoms with Crippen molar-refractivity contribution in [1.29, 1.82) is 0 Å². The fourth-order valence-electron chi connectivity index (χ4n) is 2.57. The van der Waals surface area contributed by atoms with Crippen LogP contribution in [0.1, 0.15) is 16.3 Å². The first-order chi connectivity index (χ1) is 11.2. The van der Waals surface area contributed by atoms with Crippen molar-refractivity contribution in [2.45, 2.75) is 6.54 Å². The number of fused-ring (bicyclic) bond motifs is 2. The smallest absolute Gasteiger partial charge is 0.268 e. The van der Waals surface area contributed by atoms with Crippen LogP contribution in [0.25, 0.3) is 21.9 Å². The van der Waals surface area contributed by atoms with E-state index in [4.69, 9.17) is 0 Å². The summed E-state index contributed by atoms with van der Waals surface area (Å²) in [5.41, 5.74) is 3.33. The molecule has 2 heterocycles. The summed E-state index contributed by atoms with van der Waals surface area (Å²) in [6, 6.07) is 15.5. The van der Waals surface area contributed by atoms with Crippen molar-refractivity contribution < 1.29 is 4.79 Å². The molecule has 0 saturated heterocycles. The lowest BCUT2D eigenvalue weighted by molar-refractivity contribution is 0.0946. The number of carbonyl (C=O) groups excluding carboxylic acids is 1. The number of aromatic amines is 2. The Morgan fingerprint density at radius 3 is 2.83 bits per heavy atom. The van der Waals surface area contributed by atoms with Crippen LogP contribution in [0, 0.1) is 0 Å². The van der Waals surface area contributed by atoms with Crippen molar-refractivity contribution >= 4 is 43.8 Å². The first kappa shape index (κ1) is 14.0. The van der Waals surface area contributed by atoms with Gasteiger partial charge in [0.15, 0.2) is 0 Å². The second-order valence-electron chi connectivity index (χ2n) is 5.30. The van der Waals surface area contributed by atoms with Gasteiger partial charge < -0.3 is 15.3 Å². The van der Waals surface area contributed by atoms with Crippen molar-refractivity contribution in [3.8, 4) is 0 Å². The molecular weight excluding hydrogens is 356 g/mol. The number of imidazole rings is 1. The van der Waals surface area contributed by atoms with Crippen LogP contribution in [0.3, 0.4) is 0 Å². The van der Waals surface area contributed by atoms with Gasteiger partial charge in [0, 0.05) is 15.4 Å². The summed E-state index contributed by atoms with van der Waals surface area (Å²) in [5.74, 6) is 0.580. The number of halogens is 1. The Kier molecular flexibility index (Phi) is 3.38. The summed E-state index contributed by atoms with van der Waals surface area (Å²) in [4.78, 5) is 23.1. The lowest BCUT2D eigenvalue weighted by atomic mass is 10.2. The third kappa shape index (κ3) is 2.73. The Morgan fingerprint density at radius 1 is 1.09 bits per heavy atom. The lowest BCUT2D eigenvalue weighted by Gasteiger charge is -2.00. The largest absolute Gasteiger partial charge is 0.351 e. The summed E-state index contributed by atoms with van der Waals surface area (Å²) >= 11 is 3.43. The number of hydrogen-bond donors (Lipinski definition) is 3. The minimum atomic E-state index is -0.155. The van der Waals surface area contributed by atoms with E-state index in [1.807, 2.05) is 48.5 Å². The van der Waals surface area contributed by atoms with Crippen molar-refractivity contribution in [3.63, 3.8) is 0 Å². The Hall–Kier alpha value is -2.60. The highest BCUT2D eigenvalue weighted by Crippen LogP contribution is 2.20. The number of hydrogen-bond acceptors (Lipinski definition) is 2. The zero-order chi connectivity index (χ0) is 15.8. The summed E-state index contributed by atoms with van der Waals surface area (Å²) in [6.45, 7) is 0.354. The average Bonchev–Trinajstić information content (AvgIpc) is 3.15. The van der Waals surface area contributed by atoms with Crippen LogP contribution in [0.2, 0.25) is 0 Å². The van der Waals surface area contributed by atoms with E-state index in [9.17, 15) is 4.79 Å². The number of H-pyrrole nitrogens is 2. The lowest BCUT2D eigenvalue weighted by Crippen LogP contribution is -2.23. The number of carbonyl (C=O) groups is 1. The molecule has 1 amide bonds. The molecule has 0 aliphatic carbocycles. The highest BCUT2D eigenvalue weighted by molar-refractivity contribution is 9.10. The SMILES string of the molecule is O=C(NCc1nc2ccccc2[nH]1)c1cc2cc(Br)ccc2[nH]1. The van der Waals surface area contributed by atoms with Crippen molar-refractivity contribution in [1.82, 2.24) is 20.3 Å². The summed E-state index contributed by atoms with van der Waals surface area (Å²) in [7, 11) is 0. The van der Waals surface area contributed by atoms with Gasteiger partial charge in [0.2, 0.25) is 0 Å². The second kappa shape index (κ2) is 5.55. The molecule has 0 aliphatic heterocycles. The molecule has 0 aliphatic rings. The predicted molar refractivity (Wildman–Crippen MR) is 93.3 cm³/mol. The molecule has 0 spiro atoms. The highest BCUT2D eigenvalue weighted by atomic mass is 79.9. The number of benzene rings is 2. The van der Waals surface area contributed by atoms with E-state index in [-0.39, 0.29) is 5.91 Å². The Balaban J connectivity index is 1.52. The van der Waals surface area contributed by atoms with Gasteiger partial charge in [-0.25, -0.2) is 4.98 Å². The molecule has 0 saturated carbocycles. The van der Waals surface area contributed by atoms with Gasteiger partial charge in [-0.2, -0.15) is 0 Å². The van der Waals surface area contributed by atoms with E-state index in [1.54, 1.807) is 0 Å². The number of para-hydroxylation sites is 2. The third-order valence-electron chi connectivity index (χ3n) is 3.68. The minimum absolute atomic E-state index is 0.155. The van der Waals surface area contributed by atoms with E-state index in [2.05, 4.69) is 36.2 Å². The van der Waals surface area contributed by atoms with Crippen LogP contribution in [-0.4, -0.2) is 20.9 Å². The topological polar surface area (TPSA) is 73.6 Å². The number of aromatic nitrogens is 3. The maximum atomic E-state index is 12.3. The number of amides is 1. The number of nitrogens with one attached hydrogen (secondary N) is 3. The molecule has 0 radical (unpaired) electrons.